The minimum Gasteiger partial charge on any atom is -0.493 e. The van der Waals surface area contributed by atoms with Crippen molar-refractivity contribution in [2.75, 3.05) is 11.9 Å². The zero-order valence-corrected chi connectivity index (χ0v) is 14.2. The molecule has 0 saturated heterocycles. The first-order valence-electron chi connectivity index (χ1n) is 7.42. The summed E-state index contributed by atoms with van der Waals surface area (Å²) in [6.07, 6.45) is -0.0879. The van der Waals surface area contributed by atoms with Gasteiger partial charge >= 0.3 is 0 Å². The lowest BCUT2D eigenvalue weighted by Gasteiger charge is -2.11. The van der Waals surface area contributed by atoms with E-state index in [2.05, 4.69) is 0 Å². The monoisotopic (exact) mass is 393 g/mol. The summed E-state index contributed by atoms with van der Waals surface area (Å²) in [4.78, 5) is 11.7. The second-order valence-electron chi connectivity index (χ2n) is 5.35. The number of carbonyl (C=O) groups is 1. The summed E-state index contributed by atoms with van der Waals surface area (Å²) >= 11 is 5.81. The molecular formula is C17H13ClF5NO2. The number of aryl methyl sites for hydroxylation is 1. The first kappa shape index (κ1) is 20.0. The normalized spacial score (nSPS) is 10.7. The summed E-state index contributed by atoms with van der Waals surface area (Å²) in [6, 6.07) is 4.96. The molecule has 140 valence electrons. The number of hydrogen-bond acceptors (Lipinski definition) is 2. The predicted molar refractivity (Wildman–Crippen MR) is 85.8 cm³/mol. The molecular weight excluding hydrogens is 381 g/mol. The Hall–Kier alpha value is -2.35. The van der Waals surface area contributed by atoms with Gasteiger partial charge in [0.15, 0.2) is 23.3 Å². The fraction of sp³-hybridized carbons (Fsp3) is 0.235. The Bertz CT molecular complexity index is 815. The van der Waals surface area contributed by atoms with Crippen LogP contribution in [0.1, 0.15) is 18.4 Å². The van der Waals surface area contributed by atoms with Crippen molar-refractivity contribution in [2.45, 2.75) is 19.8 Å². The minimum absolute atomic E-state index is 0.104. The molecule has 0 fully saturated rings. The summed E-state index contributed by atoms with van der Waals surface area (Å²) in [7, 11) is 0. The van der Waals surface area contributed by atoms with Gasteiger partial charge in [-0.3, -0.25) is 4.79 Å². The molecule has 0 bridgehead atoms. The molecule has 26 heavy (non-hydrogen) atoms. The molecule has 3 nitrogen and oxygen atoms in total. The Morgan fingerprint density at radius 3 is 2.19 bits per heavy atom. The number of halogens is 6. The van der Waals surface area contributed by atoms with Crippen molar-refractivity contribution in [3.63, 3.8) is 0 Å². The molecule has 2 aromatic carbocycles. The van der Waals surface area contributed by atoms with Crippen LogP contribution in [0, 0.1) is 36.0 Å². The lowest BCUT2D eigenvalue weighted by molar-refractivity contribution is -0.116. The minimum atomic E-state index is -2.29. The number of hydrogen-bond donors (Lipinski definition) is 1. The van der Waals surface area contributed by atoms with Crippen molar-refractivity contribution in [2.24, 2.45) is 0 Å². The molecule has 0 aromatic heterocycles. The van der Waals surface area contributed by atoms with E-state index in [1.165, 1.54) is 0 Å². The highest BCUT2D eigenvalue weighted by Gasteiger charge is 2.26. The summed E-state index contributed by atoms with van der Waals surface area (Å²) in [5, 5.41) is 2.24. The van der Waals surface area contributed by atoms with Crippen LogP contribution in [-0.4, -0.2) is 12.5 Å². The van der Waals surface area contributed by atoms with Gasteiger partial charge in [-0.05, 0) is 37.1 Å². The van der Waals surface area contributed by atoms with Gasteiger partial charge in [0.2, 0.25) is 11.7 Å². The molecule has 2 rings (SSSR count). The van der Waals surface area contributed by atoms with Crippen molar-refractivity contribution >= 4 is 23.2 Å². The number of ether oxygens (including phenoxy) is 1. The SMILES string of the molecule is Cc1cc(Cl)ccc1OCCCC(=O)Nc1c(F)c(F)c(F)c(F)c1F. The molecule has 0 heterocycles. The fourth-order valence-corrected chi connectivity index (χ4v) is 2.33. The van der Waals surface area contributed by atoms with E-state index in [4.69, 9.17) is 16.3 Å². The van der Waals surface area contributed by atoms with Crippen LogP contribution < -0.4 is 10.1 Å². The zero-order chi connectivity index (χ0) is 19.4. The fourth-order valence-electron chi connectivity index (χ4n) is 2.11. The summed E-state index contributed by atoms with van der Waals surface area (Å²) in [6.45, 7) is 1.88. The van der Waals surface area contributed by atoms with Crippen molar-refractivity contribution in [1.82, 2.24) is 0 Å². The maximum absolute atomic E-state index is 13.5. The Kier molecular flexibility index (Phi) is 6.42. The lowest BCUT2D eigenvalue weighted by Crippen LogP contribution is -2.17. The number of carbonyl (C=O) groups excluding carboxylic acids is 1. The third-order valence-corrected chi connectivity index (χ3v) is 3.65. The quantitative estimate of drug-likeness (QED) is 0.319. The molecule has 0 unspecified atom stereocenters. The molecule has 2 aromatic rings. The van der Waals surface area contributed by atoms with Gasteiger partial charge in [-0.2, -0.15) is 0 Å². The molecule has 0 atom stereocenters. The van der Waals surface area contributed by atoms with Gasteiger partial charge in [-0.15, -0.1) is 0 Å². The molecule has 1 amide bonds. The van der Waals surface area contributed by atoms with E-state index < -0.39 is 40.7 Å². The molecule has 1 N–H and O–H groups in total. The van der Waals surface area contributed by atoms with E-state index >= 15 is 0 Å². The number of nitrogens with one attached hydrogen (secondary N) is 1. The maximum Gasteiger partial charge on any atom is 0.224 e. The van der Waals surface area contributed by atoms with Crippen LogP contribution in [0.25, 0.3) is 0 Å². The molecule has 9 heteroatoms. The summed E-state index contributed by atoms with van der Waals surface area (Å²) in [5.41, 5.74) is -0.593. The molecule has 0 aliphatic rings. The van der Waals surface area contributed by atoms with Crippen LogP contribution >= 0.6 is 11.6 Å². The first-order chi connectivity index (χ1) is 12.2. The Morgan fingerprint density at radius 1 is 1.04 bits per heavy atom. The second kappa shape index (κ2) is 8.35. The predicted octanol–water partition coefficient (Wildman–Crippen LogP) is 5.14. The second-order valence-corrected chi connectivity index (χ2v) is 5.79. The highest BCUT2D eigenvalue weighted by atomic mass is 35.5. The van der Waals surface area contributed by atoms with E-state index in [1.807, 2.05) is 0 Å². The average molecular weight is 394 g/mol. The van der Waals surface area contributed by atoms with Gasteiger partial charge < -0.3 is 10.1 Å². The van der Waals surface area contributed by atoms with E-state index in [-0.39, 0.29) is 19.4 Å². The Labute approximate surface area is 150 Å². The van der Waals surface area contributed by atoms with Gasteiger partial charge in [-0.25, -0.2) is 22.0 Å². The van der Waals surface area contributed by atoms with Gasteiger partial charge in [0.05, 0.1) is 6.61 Å². The van der Waals surface area contributed by atoms with Crippen LogP contribution in [0.4, 0.5) is 27.6 Å². The van der Waals surface area contributed by atoms with Crippen LogP contribution in [0.15, 0.2) is 18.2 Å². The van der Waals surface area contributed by atoms with Gasteiger partial charge in [0.25, 0.3) is 0 Å². The highest BCUT2D eigenvalue weighted by Crippen LogP contribution is 2.27. The molecule has 0 aliphatic carbocycles. The Balaban J connectivity index is 1.92. The van der Waals surface area contributed by atoms with Crippen molar-refractivity contribution < 1.29 is 31.5 Å². The van der Waals surface area contributed by atoms with Crippen molar-refractivity contribution in [1.29, 1.82) is 0 Å². The standard InChI is InChI=1S/C17H13ClF5NO2/c1-8-7-9(18)4-5-10(8)26-6-2-3-11(25)24-17-15(22)13(20)12(19)14(21)16(17)23/h4-5,7H,2-3,6H2,1H3,(H,24,25). The smallest absolute Gasteiger partial charge is 0.224 e. The first-order valence-corrected chi connectivity index (χ1v) is 7.80. The van der Waals surface area contributed by atoms with Crippen LogP contribution in [-0.2, 0) is 4.79 Å². The number of benzene rings is 2. The Morgan fingerprint density at radius 2 is 1.62 bits per heavy atom. The largest absolute Gasteiger partial charge is 0.493 e. The van der Waals surface area contributed by atoms with Gasteiger partial charge in [0.1, 0.15) is 11.4 Å². The van der Waals surface area contributed by atoms with E-state index in [0.717, 1.165) is 5.56 Å². The summed E-state index contributed by atoms with van der Waals surface area (Å²) in [5.74, 6) is -11.1. The van der Waals surface area contributed by atoms with E-state index in [1.54, 1.807) is 30.4 Å². The van der Waals surface area contributed by atoms with Crippen LogP contribution in [0.3, 0.4) is 0 Å². The van der Waals surface area contributed by atoms with E-state index in [9.17, 15) is 26.7 Å². The highest BCUT2D eigenvalue weighted by molar-refractivity contribution is 6.30. The van der Waals surface area contributed by atoms with Crippen molar-refractivity contribution in [3.8, 4) is 5.75 Å². The maximum atomic E-state index is 13.5. The molecule has 0 saturated carbocycles. The molecule has 0 aliphatic heterocycles. The van der Waals surface area contributed by atoms with Gasteiger partial charge in [0, 0.05) is 11.4 Å². The summed E-state index contributed by atoms with van der Waals surface area (Å²) < 4.78 is 71.5. The topological polar surface area (TPSA) is 38.3 Å². The third kappa shape index (κ3) is 4.43. The zero-order valence-electron chi connectivity index (χ0n) is 13.4. The lowest BCUT2D eigenvalue weighted by atomic mass is 10.2. The number of anilines is 1. The van der Waals surface area contributed by atoms with Crippen molar-refractivity contribution in [3.05, 3.63) is 57.9 Å². The van der Waals surface area contributed by atoms with Crippen LogP contribution in [0.2, 0.25) is 5.02 Å². The van der Waals surface area contributed by atoms with Crippen LogP contribution in [0.5, 0.6) is 5.75 Å². The number of rotatable bonds is 6. The average Bonchev–Trinajstić information content (AvgIpc) is 2.60. The van der Waals surface area contributed by atoms with E-state index in [0.29, 0.717) is 10.8 Å². The van der Waals surface area contributed by atoms with Gasteiger partial charge in [-0.1, -0.05) is 11.6 Å². The number of amides is 1. The molecule has 0 radical (unpaired) electrons. The third-order valence-electron chi connectivity index (χ3n) is 3.42. The molecule has 0 spiro atoms.